The second-order valence-electron chi connectivity index (χ2n) is 5.13. The lowest BCUT2D eigenvalue weighted by Crippen LogP contribution is -2.46. The smallest absolute Gasteiger partial charge is 0.331 e. The number of esters is 1. The van der Waals surface area contributed by atoms with Crippen LogP contribution in [0.5, 0.6) is 5.75 Å². The minimum Gasteiger partial charge on any atom is -0.423 e. The quantitative estimate of drug-likeness (QED) is 0.546. The lowest BCUT2D eigenvalue weighted by atomic mass is 10.1. The Morgan fingerprint density at radius 3 is 2.64 bits per heavy atom. The highest BCUT2D eigenvalue weighted by Crippen LogP contribution is 2.32. The van der Waals surface area contributed by atoms with Gasteiger partial charge in [0.1, 0.15) is 6.54 Å². The molecule has 0 spiro atoms. The normalized spacial score (nSPS) is 13.6. The molecule has 0 bridgehead atoms. The molecule has 2 N–H and O–H groups in total. The van der Waals surface area contributed by atoms with E-state index in [-0.39, 0.29) is 45.3 Å². The molecule has 0 aliphatic carbocycles. The number of rotatable bonds is 6. The van der Waals surface area contributed by atoms with Crippen molar-refractivity contribution in [3.8, 4) is 5.75 Å². The molecule has 0 saturated heterocycles. The summed E-state index contributed by atoms with van der Waals surface area (Å²) in [5.41, 5.74) is 1.65. The summed E-state index contributed by atoms with van der Waals surface area (Å²) in [7, 11) is 0. The van der Waals surface area contributed by atoms with Crippen LogP contribution in [-0.2, 0) is 9.59 Å². The first-order valence-electron chi connectivity index (χ1n) is 7.11. The van der Waals surface area contributed by atoms with Crippen LogP contribution in [0.1, 0.15) is 5.56 Å². The highest BCUT2D eigenvalue weighted by Gasteiger charge is 2.27. The molecule has 7 nitrogen and oxygen atoms in total. The van der Waals surface area contributed by atoms with Crippen LogP contribution in [0.25, 0.3) is 0 Å². The molecule has 1 aromatic rings. The summed E-state index contributed by atoms with van der Waals surface area (Å²) in [5, 5.41) is 18.0. The van der Waals surface area contributed by atoms with E-state index in [1.807, 2.05) is 19.1 Å². The lowest BCUT2D eigenvalue weighted by Gasteiger charge is -2.31. The third kappa shape index (κ3) is 3.75. The fourth-order valence-corrected chi connectivity index (χ4v) is 2.37. The third-order valence-corrected chi connectivity index (χ3v) is 3.42. The number of nitrogens with zero attached hydrogens (tertiary/aromatic N) is 2. The van der Waals surface area contributed by atoms with E-state index in [4.69, 9.17) is 14.9 Å². The van der Waals surface area contributed by atoms with Gasteiger partial charge in [0.2, 0.25) is 5.91 Å². The first-order chi connectivity index (χ1) is 10.5. The first kappa shape index (κ1) is 16.3. The van der Waals surface area contributed by atoms with Crippen LogP contribution in [0, 0.1) is 6.92 Å². The summed E-state index contributed by atoms with van der Waals surface area (Å²) < 4.78 is 5.19. The first-order valence-corrected chi connectivity index (χ1v) is 7.11. The Kier molecular flexibility index (Phi) is 5.35. The summed E-state index contributed by atoms with van der Waals surface area (Å²) in [4.78, 5) is 27.0. The van der Waals surface area contributed by atoms with Crippen LogP contribution in [0.2, 0.25) is 0 Å². The maximum atomic E-state index is 12.3. The molecule has 0 unspecified atom stereocenters. The van der Waals surface area contributed by atoms with Gasteiger partial charge in [-0.2, -0.15) is 0 Å². The molecule has 1 amide bonds. The number of amides is 1. The molecule has 1 aliphatic rings. The summed E-state index contributed by atoms with van der Waals surface area (Å²) in [5.74, 6) is -0.231. The van der Waals surface area contributed by atoms with Gasteiger partial charge in [0.15, 0.2) is 5.75 Å². The van der Waals surface area contributed by atoms with Gasteiger partial charge in [0.25, 0.3) is 0 Å². The molecule has 22 heavy (non-hydrogen) atoms. The van der Waals surface area contributed by atoms with E-state index in [0.717, 1.165) is 5.56 Å². The minimum atomic E-state index is -0.415. The molecular weight excluding hydrogens is 288 g/mol. The highest BCUT2D eigenvalue weighted by atomic mass is 16.5. The molecule has 1 heterocycles. The van der Waals surface area contributed by atoms with E-state index in [1.165, 1.54) is 4.90 Å². The zero-order valence-electron chi connectivity index (χ0n) is 12.5. The second-order valence-corrected chi connectivity index (χ2v) is 5.13. The SMILES string of the molecule is Cc1ccc2c(c1)OC(=O)CN2CC(=O)N(CCO)CCO. The summed E-state index contributed by atoms with van der Waals surface area (Å²) in [6.45, 7) is 1.82. The number of aliphatic hydroxyl groups is 2. The van der Waals surface area contributed by atoms with Crippen molar-refractivity contribution in [2.75, 3.05) is 44.3 Å². The van der Waals surface area contributed by atoms with Crippen molar-refractivity contribution in [3.05, 3.63) is 23.8 Å². The van der Waals surface area contributed by atoms with Gasteiger partial charge in [-0.05, 0) is 24.6 Å². The monoisotopic (exact) mass is 308 g/mol. The van der Waals surface area contributed by atoms with Gasteiger partial charge in [-0.25, -0.2) is 4.79 Å². The standard InChI is InChI=1S/C15H20N2O5/c1-11-2-3-12-13(8-11)22-15(21)10-17(12)9-14(20)16(4-6-18)5-7-19/h2-3,8,18-19H,4-7,9-10H2,1H3. The van der Waals surface area contributed by atoms with E-state index in [9.17, 15) is 9.59 Å². The van der Waals surface area contributed by atoms with Crippen molar-refractivity contribution in [2.24, 2.45) is 0 Å². The lowest BCUT2D eigenvalue weighted by molar-refractivity contribution is -0.134. The van der Waals surface area contributed by atoms with Gasteiger partial charge in [-0.15, -0.1) is 0 Å². The number of carbonyl (C=O) groups is 2. The number of anilines is 1. The summed E-state index contributed by atoms with van der Waals surface area (Å²) >= 11 is 0. The average molecular weight is 308 g/mol. The Hall–Kier alpha value is -2.12. The second kappa shape index (κ2) is 7.24. The fourth-order valence-electron chi connectivity index (χ4n) is 2.37. The van der Waals surface area contributed by atoms with Crippen molar-refractivity contribution < 1.29 is 24.5 Å². The van der Waals surface area contributed by atoms with Gasteiger partial charge < -0.3 is 24.7 Å². The van der Waals surface area contributed by atoms with Crippen molar-refractivity contribution in [3.63, 3.8) is 0 Å². The fraction of sp³-hybridized carbons (Fsp3) is 0.467. The van der Waals surface area contributed by atoms with Crippen LogP contribution in [0.4, 0.5) is 5.69 Å². The van der Waals surface area contributed by atoms with Gasteiger partial charge in [-0.3, -0.25) is 4.79 Å². The Labute approximate surface area is 128 Å². The van der Waals surface area contributed by atoms with Crippen LogP contribution < -0.4 is 9.64 Å². The number of carbonyl (C=O) groups excluding carboxylic acids is 2. The van der Waals surface area contributed by atoms with Gasteiger partial charge in [0.05, 0.1) is 25.4 Å². The van der Waals surface area contributed by atoms with Gasteiger partial charge in [-0.1, -0.05) is 6.07 Å². The molecule has 0 aromatic heterocycles. The largest absolute Gasteiger partial charge is 0.423 e. The maximum Gasteiger partial charge on any atom is 0.331 e. The summed E-state index contributed by atoms with van der Waals surface area (Å²) in [6, 6.07) is 5.45. The molecule has 1 aliphatic heterocycles. The van der Waals surface area contributed by atoms with Gasteiger partial charge >= 0.3 is 5.97 Å². The number of ether oxygens (including phenoxy) is 1. The van der Waals surface area contributed by atoms with Crippen molar-refractivity contribution >= 4 is 17.6 Å². The third-order valence-electron chi connectivity index (χ3n) is 3.42. The zero-order valence-corrected chi connectivity index (χ0v) is 12.5. The summed E-state index contributed by atoms with van der Waals surface area (Å²) in [6.07, 6.45) is 0. The Balaban J connectivity index is 2.15. The molecule has 1 aromatic carbocycles. The molecule has 2 rings (SSSR count). The number of fused-ring (bicyclic) bond motifs is 1. The molecule has 0 atom stereocenters. The molecule has 120 valence electrons. The van der Waals surface area contributed by atoms with Crippen molar-refractivity contribution in [1.29, 1.82) is 0 Å². The number of hydrogen-bond acceptors (Lipinski definition) is 6. The predicted molar refractivity (Wildman–Crippen MR) is 79.8 cm³/mol. The molecular formula is C15H20N2O5. The Morgan fingerprint density at radius 2 is 2.00 bits per heavy atom. The van der Waals surface area contributed by atoms with Crippen LogP contribution in [0.15, 0.2) is 18.2 Å². The number of benzene rings is 1. The minimum absolute atomic E-state index is 0.00606. The van der Waals surface area contributed by atoms with Crippen LogP contribution in [0.3, 0.4) is 0 Å². The van der Waals surface area contributed by atoms with Crippen molar-refractivity contribution in [1.82, 2.24) is 4.90 Å². The zero-order chi connectivity index (χ0) is 16.1. The predicted octanol–water partition coefficient (Wildman–Crippen LogP) is -0.466. The molecule has 7 heteroatoms. The molecule has 0 fully saturated rings. The Bertz CT molecular complexity index is 555. The van der Waals surface area contributed by atoms with E-state index in [1.54, 1.807) is 11.0 Å². The van der Waals surface area contributed by atoms with E-state index < -0.39 is 5.97 Å². The van der Waals surface area contributed by atoms with Crippen LogP contribution in [-0.4, -0.2) is 66.4 Å². The molecule has 0 radical (unpaired) electrons. The van der Waals surface area contributed by atoms with E-state index in [0.29, 0.717) is 11.4 Å². The maximum absolute atomic E-state index is 12.3. The van der Waals surface area contributed by atoms with Crippen LogP contribution >= 0.6 is 0 Å². The Morgan fingerprint density at radius 1 is 1.32 bits per heavy atom. The number of aryl methyl sites for hydroxylation is 1. The highest BCUT2D eigenvalue weighted by molar-refractivity contribution is 5.89. The van der Waals surface area contributed by atoms with E-state index >= 15 is 0 Å². The van der Waals surface area contributed by atoms with Crippen molar-refractivity contribution in [2.45, 2.75) is 6.92 Å². The average Bonchev–Trinajstić information content (AvgIpc) is 2.46. The number of aliphatic hydroxyl groups excluding tert-OH is 2. The van der Waals surface area contributed by atoms with E-state index in [2.05, 4.69) is 0 Å². The molecule has 0 saturated carbocycles. The number of hydrogen-bond donors (Lipinski definition) is 2. The van der Waals surface area contributed by atoms with Gasteiger partial charge in [0, 0.05) is 13.1 Å². The topological polar surface area (TPSA) is 90.3 Å².